The molecule has 0 atom stereocenters. The first-order chi connectivity index (χ1) is 18.9. The summed E-state index contributed by atoms with van der Waals surface area (Å²) in [5.74, 6) is -0.0223. The lowest BCUT2D eigenvalue weighted by Gasteiger charge is -2.30. The fourth-order valence-electron chi connectivity index (χ4n) is 4.90. The predicted octanol–water partition coefficient (Wildman–Crippen LogP) is 3.94. The molecule has 0 bridgehead atoms. The van der Waals surface area contributed by atoms with Crippen LogP contribution in [0.5, 0.6) is 5.75 Å². The number of hydrogen-bond donors (Lipinski definition) is 2. The summed E-state index contributed by atoms with van der Waals surface area (Å²) in [5, 5.41) is 11.9. The molecule has 1 saturated carbocycles. The van der Waals surface area contributed by atoms with Crippen LogP contribution >= 0.6 is 0 Å². The number of nitrogens with one attached hydrogen (secondary N) is 2. The molecule has 0 unspecified atom stereocenters. The predicted molar refractivity (Wildman–Crippen MR) is 154 cm³/mol. The number of carbonyl (C=O) groups excluding carboxylic acids is 2. The van der Waals surface area contributed by atoms with Crippen molar-refractivity contribution in [3.05, 3.63) is 52.6 Å². The number of amides is 2. The van der Waals surface area contributed by atoms with Crippen molar-refractivity contribution < 1.29 is 19.1 Å². The van der Waals surface area contributed by atoms with E-state index in [1.54, 1.807) is 49.5 Å². The Morgan fingerprint density at radius 1 is 1.18 bits per heavy atom. The first-order valence-corrected chi connectivity index (χ1v) is 13.7. The Bertz CT molecular complexity index is 1410. The molecule has 4 rings (SSSR count). The van der Waals surface area contributed by atoms with Crippen LogP contribution in [0.4, 0.5) is 10.5 Å². The van der Waals surface area contributed by atoms with Crippen LogP contribution in [0.3, 0.4) is 0 Å². The number of benzene rings is 1. The number of nitrogens with zero attached hydrogens (tertiary/aromatic N) is 4. The monoisotopic (exact) mass is 552 g/mol. The highest BCUT2D eigenvalue weighted by Crippen LogP contribution is 2.31. The number of aromatic nitrogens is 3. The van der Waals surface area contributed by atoms with Gasteiger partial charge in [0.2, 0.25) is 0 Å². The number of rotatable bonds is 8. The normalized spacial score (nSPS) is 17.4. The van der Waals surface area contributed by atoms with Crippen molar-refractivity contribution in [1.29, 1.82) is 0 Å². The molecular formula is C29H40N6O5. The molecule has 40 heavy (non-hydrogen) atoms. The van der Waals surface area contributed by atoms with E-state index in [-0.39, 0.29) is 23.4 Å². The Morgan fingerprint density at radius 3 is 2.58 bits per heavy atom. The van der Waals surface area contributed by atoms with Gasteiger partial charge in [-0.15, -0.1) is 0 Å². The highest BCUT2D eigenvalue weighted by Gasteiger charge is 2.25. The van der Waals surface area contributed by atoms with Crippen LogP contribution in [0.15, 0.2) is 41.5 Å². The highest BCUT2D eigenvalue weighted by atomic mass is 16.6. The van der Waals surface area contributed by atoms with Crippen molar-refractivity contribution >= 4 is 28.6 Å². The first-order valence-electron chi connectivity index (χ1n) is 13.7. The van der Waals surface area contributed by atoms with E-state index in [0.717, 1.165) is 36.6 Å². The minimum atomic E-state index is -0.504. The van der Waals surface area contributed by atoms with E-state index in [1.165, 1.54) is 11.7 Å². The number of ether oxygens (including phenoxy) is 2. The zero-order valence-electron chi connectivity index (χ0n) is 24.2. The molecule has 11 nitrogen and oxygen atoms in total. The number of pyridine rings is 1. The van der Waals surface area contributed by atoms with Crippen LogP contribution < -0.4 is 20.9 Å². The number of anilines is 1. The Balaban J connectivity index is 1.35. The molecule has 2 heterocycles. The Morgan fingerprint density at radius 2 is 1.90 bits per heavy atom. The fourth-order valence-corrected chi connectivity index (χ4v) is 4.90. The second kappa shape index (κ2) is 12.1. The van der Waals surface area contributed by atoms with Crippen molar-refractivity contribution in [2.75, 3.05) is 32.6 Å². The van der Waals surface area contributed by atoms with E-state index in [9.17, 15) is 14.4 Å². The summed E-state index contributed by atoms with van der Waals surface area (Å²) < 4.78 is 14.3. The average molecular weight is 553 g/mol. The molecule has 2 amide bonds. The summed E-state index contributed by atoms with van der Waals surface area (Å²) in [6.07, 6.45) is 7.23. The molecule has 1 fully saturated rings. The second-order valence-electron chi connectivity index (χ2n) is 11.4. The number of fused-ring (bicyclic) bond motifs is 1. The van der Waals surface area contributed by atoms with Gasteiger partial charge < -0.3 is 29.6 Å². The summed E-state index contributed by atoms with van der Waals surface area (Å²) in [6.45, 7) is 6.87. The zero-order chi connectivity index (χ0) is 29.0. The molecule has 3 aromatic rings. The van der Waals surface area contributed by atoms with Crippen molar-refractivity contribution in [3.8, 4) is 5.75 Å². The molecular weight excluding hydrogens is 512 g/mol. The fraction of sp³-hybridized carbons (Fsp3) is 0.517. The van der Waals surface area contributed by atoms with Gasteiger partial charge in [0.05, 0.1) is 24.2 Å². The Kier molecular flexibility index (Phi) is 8.82. The first kappa shape index (κ1) is 29.1. The largest absolute Gasteiger partial charge is 0.496 e. The van der Waals surface area contributed by atoms with E-state index < -0.39 is 11.5 Å². The molecule has 11 heteroatoms. The molecule has 1 aliphatic rings. The van der Waals surface area contributed by atoms with E-state index in [2.05, 4.69) is 10.6 Å². The third-order valence-corrected chi connectivity index (χ3v) is 7.12. The summed E-state index contributed by atoms with van der Waals surface area (Å²) in [5.41, 5.74) is 0.494. The average Bonchev–Trinajstić information content (AvgIpc) is 3.33. The standard InChI is InChI=1S/C29H40N6O5/c1-29(2,3)40-28(38)34(5)15-13-30-20-9-11-21(12-10-20)35-18-19-16-22(25(39-6)17-24(19)32-35)26(36)31-23-8-7-14-33(4)27(23)37/h7-8,14,16-18,20-21,30H,9-13,15H2,1-6H3,(H,31,36). The molecule has 0 saturated heterocycles. The van der Waals surface area contributed by atoms with Crippen LogP contribution in [0, 0.1) is 0 Å². The van der Waals surface area contributed by atoms with Crippen molar-refractivity contribution in [2.45, 2.75) is 64.1 Å². The molecule has 216 valence electrons. The molecule has 0 spiro atoms. The van der Waals surface area contributed by atoms with E-state index >= 15 is 0 Å². The lowest BCUT2D eigenvalue weighted by Crippen LogP contribution is -2.41. The van der Waals surface area contributed by atoms with Gasteiger partial charge in [0.25, 0.3) is 11.5 Å². The third-order valence-electron chi connectivity index (χ3n) is 7.12. The number of likely N-dealkylation sites (N-methyl/N-ethyl adjacent to an activating group) is 1. The summed E-state index contributed by atoms with van der Waals surface area (Å²) >= 11 is 0. The molecule has 0 aliphatic heterocycles. The van der Waals surface area contributed by atoms with Crippen molar-refractivity contribution in [2.24, 2.45) is 7.05 Å². The van der Waals surface area contributed by atoms with Crippen LogP contribution in [0.1, 0.15) is 62.9 Å². The smallest absolute Gasteiger partial charge is 0.410 e. The summed E-state index contributed by atoms with van der Waals surface area (Å²) in [6, 6.07) is 7.44. The topological polar surface area (TPSA) is 120 Å². The Labute approximate surface area is 234 Å². The van der Waals surface area contributed by atoms with Gasteiger partial charge in [0, 0.05) is 57.1 Å². The highest BCUT2D eigenvalue weighted by molar-refractivity contribution is 6.08. The van der Waals surface area contributed by atoms with Gasteiger partial charge in [-0.3, -0.25) is 14.3 Å². The zero-order valence-corrected chi connectivity index (χ0v) is 24.2. The van der Waals surface area contributed by atoms with Crippen molar-refractivity contribution in [1.82, 2.24) is 24.6 Å². The minimum absolute atomic E-state index is 0.203. The van der Waals surface area contributed by atoms with E-state index in [4.69, 9.17) is 14.6 Å². The number of aryl methyl sites for hydroxylation is 1. The van der Waals surface area contributed by atoms with Gasteiger partial charge in [0.1, 0.15) is 17.0 Å². The van der Waals surface area contributed by atoms with Gasteiger partial charge in [0.15, 0.2) is 0 Å². The maximum atomic E-state index is 13.1. The molecule has 1 aromatic carbocycles. The van der Waals surface area contributed by atoms with Crippen LogP contribution in [0.25, 0.3) is 10.9 Å². The van der Waals surface area contributed by atoms with Gasteiger partial charge >= 0.3 is 6.09 Å². The maximum absolute atomic E-state index is 13.1. The van der Waals surface area contributed by atoms with E-state index in [0.29, 0.717) is 30.4 Å². The van der Waals surface area contributed by atoms with Gasteiger partial charge in [-0.2, -0.15) is 5.10 Å². The molecule has 2 N–H and O–H groups in total. The van der Waals surface area contributed by atoms with Crippen LogP contribution in [0.2, 0.25) is 0 Å². The lowest BCUT2D eigenvalue weighted by molar-refractivity contribution is 0.0298. The Hall–Kier alpha value is -3.86. The molecule has 1 aliphatic carbocycles. The SMILES string of the molecule is COc1cc2nn(C3CCC(NCCN(C)C(=O)OC(C)(C)C)CC3)cc2cc1C(=O)Nc1cccn(C)c1=O. The van der Waals surface area contributed by atoms with Gasteiger partial charge in [-0.25, -0.2) is 4.79 Å². The third kappa shape index (κ3) is 7.01. The van der Waals surface area contributed by atoms with Crippen molar-refractivity contribution in [3.63, 3.8) is 0 Å². The summed E-state index contributed by atoms with van der Waals surface area (Å²) in [7, 11) is 4.89. The minimum Gasteiger partial charge on any atom is -0.496 e. The van der Waals surface area contributed by atoms with Gasteiger partial charge in [-0.1, -0.05) is 0 Å². The second-order valence-corrected chi connectivity index (χ2v) is 11.4. The van der Waals surface area contributed by atoms with Crippen LogP contribution in [-0.2, 0) is 11.8 Å². The van der Waals surface area contributed by atoms with E-state index in [1.807, 2.05) is 31.6 Å². The maximum Gasteiger partial charge on any atom is 0.410 e. The summed E-state index contributed by atoms with van der Waals surface area (Å²) in [4.78, 5) is 39.2. The lowest BCUT2D eigenvalue weighted by atomic mass is 9.91. The molecule has 0 radical (unpaired) electrons. The number of carbonyl (C=O) groups is 2. The molecule has 2 aromatic heterocycles. The van der Waals surface area contributed by atoms with Gasteiger partial charge in [-0.05, 0) is 64.7 Å². The quantitative estimate of drug-likeness (QED) is 0.434. The number of methoxy groups -OCH3 is 1. The number of hydrogen-bond acceptors (Lipinski definition) is 7. The van der Waals surface area contributed by atoms with Crippen LogP contribution in [-0.4, -0.2) is 70.1 Å².